The molecule has 0 radical (unpaired) electrons. The Bertz CT molecular complexity index is 438. The summed E-state index contributed by atoms with van der Waals surface area (Å²) >= 11 is 3.16. The zero-order chi connectivity index (χ0) is 13.8. The first-order valence-corrected chi connectivity index (χ1v) is 5.56. The number of ether oxygens (including phenoxy) is 1. The number of urea groups is 1. The summed E-state index contributed by atoms with van der Waals surface area (Å²) in [5.74, 6) is 0.476. The van der Waals surface area contributed by atoms with Crippen LogP contribution in [-0.4, -0.2) is 25.9 Å². The Balaban J connectivity index is 2.64. The van der Waals surface area contributed by atoms with Crippen LogP contribution in [0.2, 0.25) is 0 Å². The number of alkyl halides is 3. The minimum atomic E-state index is -4.44. The fourth-order valence-corrected chi connectivity index (χ4v) is 1.42. The van der Waals surface area contributed by atoms with Gasteiger partial charge in [-0.1, -0.05) is 0 Å². The van der Waals surface area contributed by atoms with Crippen molar-refractivity contribution in [3.63, 3.8) is 0 Å². The van der Waals surface area contributed by atoms with Crippen LogP contribution in [0.25, 0.3) is 0 Å². The predicted molar refractivity (Wildman–Crippen MR) is 63.8 cm³/mol. The highest BCUT2D eigenvalue weighted by molar-refractivity contribution is 9.10. The summed E-state index contributed by atoms with van der Waals surface area (Å²) in [6, 6.07) is 3.79. The van der Waals surface area contributed by atoms with Crippen molar-refractivity contribution in [2.24, 2.45) is 0 Å². The number of halogens is 4. The second-order valence-corrected chi connectivity index (χ2v) is 4.12. The third-order valence-electron chi connectivity index (χ3n) is 1.87. The van der Waals surface area contributed by atoms with Crippen molar-refractivity contribution >= 4 is 27.6 Å². The Morgan fingerprint density at radius 3 is 2.67 bits per heavy atom. The molecule has 0 aromatic heterocycles. The summed E-state index contributed by atoms with van der Waals surface area (Å²) in [4.78, 5) is 11.2. The highest BCUT2D eigenvalue weighted by atomic mass is 79.9. The minimum Gasteiger partial charge on any atom is -0.497 e. The molecule has 2 amide bonds. The summed E-state index contributed by atoms with van der Waals surface area (Å²) < 4.78 is 41.1. The molecule has 0 spiro atoms. The second kappa shape index (κ2) is 5.94. The molecule has 1 aromatic rings. The monoisotopic (exact) mass is 326 g/mol. The van der Waals surface area contributed by atoms with Crippen molar-refractivity contribution in [2.45, 2.75) is 6.18 Å². The summed E-state index contributed by atoms with van der Waals surface area (Å²) in [5, 5.41) is 3.98. The number of amides is 2. The maximum atomic E-state index is 11.9. The van der Waals surface area contributed by atoms with Gasteiger partial charge in [-0.2, -0.15) is 13.2 Å². The van der Waals surface area contributed by atoms with Crippen LogP contribution in [-0.2, 0) is 0 Å². The third-order valence-corrected chi connectivity index (χ3v) is 2.56. The van der Waals surface area contributed by atoms with Crippen LogP contribution in [0.5, 0.6) is 5.75 Å². The average Bonchev–Trinajstić information content (AvgIpc) is 2.28. The quantitative estimate of drug-likeness (QED) is 0.896. The van der Waals surface area contributed by atoms with Crippen molar-refractivity contribution in [3.05, 3.63) is 22.7 Å². The van der Waals surface area contributed by atoms with Crippen molar-refractivity contribution in [2.75, 3.05) is 19.0 Å². The summed E-state index contributed by atoms with van der Waals surface area (Å²) in [5.41, 5.74) is 0.314. The highest BCUT2D eigenvalue weighted by Gasteiger charge is 2.27. The first-order valence-electron chi connectivity index (χ1n) is 4.77. The van der Waals surface area contributed by atoms with Crippen LogP contribution < -0.4 is 15.4 Å². The lowest BCUT2D eigenvalue weighted by Gasteiger charge is -2.11. The normalized spacial score (nSPS) is 10.9. The maximum absolute atomic E-state index is 11.9. The summed E-state index contributed by atoms with van der Waals surface area (Å²) in [6.07, 6.45) is -4.44. The highest BCUT2D eigenvalue weighted by Crippen LogP contribution is 2.27. The SMILES string of the molecule is COc1ccc(Br)c(NC(=O)NCC(F)(F)F)c1. The molecule has 0 aliphatic carbocycles. The van der Waals surface area contributed by atoms with Gasteiger partial charge in [-0.15, -0.1) is 0 Å². The lowest BCUT2D eigenvalue weighted by atomic mass is 10.3. The minimum absolute atomic E-state index is 0.314. The van der Waals surface area contributed by atoms with Crippen LogP contribution in [0, 0.1) is 0 Å². The molecule has 0 bridgehead atoms. The molecule has 2 N–H and O–H groups in total. The molecule has 1 aromatic carbocycles. The molecule has 4 nitrogen and oxygen atoms in total. The van der Waals surface area contributed by atoms with Crippen LogP contribution in [0.3, 0.4) is 0 Å². The van der Waals surface area contributed by atoms with Crippen molar-refractivity contribution in [1.82, 2.24) is 5.32 Å². The Kier molecular flexibility index (Phi) is 4.83. The van der Waals surface area contributed by atoms with E-state index in [0.29, 0.717) is 15.9 Å². The van der Waals surface area contributed by atoms with E-state index >= 15 is 0 Å². The van der Waals surface area contributed by atoms with Crippen LogP contribution >= 0.6 is 15.9 Å². The zero-order valence-electron chi connectivity index (χ0n) is 9.27. The smallest absolute Gasteiger partial charge is 0.405 e. The predicted octanol–water partition coefficient (Wildman–Crippen LogP) is 3.14. The number of methoxy groups -OCH3 is 1. The van der Waals surface area contributed by atoms with E-state index in [-0.39, 0.29) is 0 Å². The van der Waals surface area contributed by atoms with Gasteiger partial charge >= 0.3 is 12.2 Å². The molecule has 18 heavy (non-hydrogen) atoms. The number of rotatable bonds is 3. The van der Waals surface area contributed by atoms with Crippen molar-refractivity contribution in [3.8, 4) is 5.75 Å². The molecular weight excluding hydrogens is 317 g/mol. The Morgan fingerprint density at radius 1 is 1.44 bits per heavy atom. The van der Waals surface area contributed by atoms with E-state index < -0.39 is 18.8 Å². The van der Waals surface area contributed by atoms with Gasteiger partial charge in [0.1, 0.15) is 12.3 Å². The van der Waals surface area contributed by atoms with E-state index in [4.69, 9.17) is 4.74 Å². The van der Waals surface area contributed by atoms with E-state index in [1.807, 2.05) is 0 Å². The number of hydrogen-bond acceptors (Lipinski definition) is 2. The van der Waals surface area contributed by atoms with E-state index in [0.717, 1.165) is 0 Å². The molecule has 0 aliphatic heterocycles. The largest absolute Gasteiger partial charge is 0.497 e. The fourth-order valence-electron chi connectivity index (χ4n) is 1.07. The maximum Gasteiger partial charge on any atom is 0.405 e. The standard InChI is InChI=1S/C10H10BrF3N2O2/c1-18-6-2-3-7(11)8(4-6)16-9(17)15-5-10(12,13)14/h2-4H,5H2,1H3,(H2,15,16,17). The Labute approximate surface area is 110 Å². The molecule has 0 saturated carbocycles. The van der Waals surface area contributed by atoms with Crippen LogP contribution in [0.4, 0.5) is 23.7 Å². The number of carbonyl (C=O) groups is 1. The van der Waals surface area contributed by atoms with E-state index in [2.05, 4.69) is 21.2 Å². The van der Waals surface area contributed by atoms with Gasteiger partial charge in [0.05, 0.1) is 12.8 Å². The second-order valence-electron chi connectivity index (χ2n) is 3.27. The number of carbonyl (C=O) groups excluding carboxylic acids is 1. The lowest BCUT2D eigenvalue weighted by Crippen LogP contribution is -2.36. The van der Waals surface area contributed by atoms with Gasteiger partial charge in [-0.3, -0.25) is 0 Å². The molecule has 0 unspecified atom stereocenters. The van der Waals surface area contributed by atoms with E-state index in [1.54, 1.807) is 17.4 Å². The van der Waals surface area contributed by atoms with Gasteiger partial charge in [-0.05, 0) is 28.1 Å². The number of anilines is 1. The zero-order valence-corrected chi connectivity index (χ0v) is 10.9. The molecule has 1 rings (SSSR count). The topological polar surface area (TPSA) is 50.4 Å². The van der Waals surface area contributed by atoms with Gasteiger partial charge in [0.25, 0.3) is 0 Å². The molecular formula is C10H10BrF3N2O2. The van der Waals surface area contributed by atoms with E-state index in [9.17, 15) is 18.0 Å². The van der Waals surface area contributed by atoms with Crippen molar-refractivity contribution < 1.29 is 22.7 Å². The van der Waals surface area contributed by atoms with Gasteiger partial charge in [0.15, 0.2) is 0 Å². The number of benzene rings is 1. The van der Waals surface area contributed by atoms with Crippen molar-refractivity contribution in [1.29, 1.82) is 0 Å². The lowest BCUT2D eigenvalue weighted by molar-refractivity contribution is -0.122. The molecule has 0 fully saturated rings. The van der Waals surface area contributed by atoms with Gasteiger partial charge < -0.3 is 15.4 Å². The Hall–Kier alpha value is -1.44. The Morgan fingerprint density at radius 2 is 2.11 bits per heavy atom. The van der Waals surface area contributed by atoms with Crippen LogP contribution in [0.15, 0.2) is 22.7 Å². The van der Waals surface area contributed by atoms with Gasteiger partial charge in [-0.25, -0.2) is 4.79 Å². The van der Waals surface area contributed by atoms with Gasteiger partial charge in [0, 0.05) is 10.5 Å². The first kappa shape index (κ1) is 14.6. The molecule has 0 atom stereocenters. The fraction of sp³-hybridized carbons (Fsp3) is 0.300. The third kappa shape index (κ3) is 4.82. The average molecular weight is 327 g/mol. The first-order chi connectivity index (χ1) is 8.31. The van der Waals surface area contributed by atoms with Crippen LogP contribution in [0.1, 0.15) is 0 Å². The molecule has 0 saturated heterocycles. The summed E-state index contributed by atoms with van der Waals surface area (Å²) in [6.45, 7) is -1.39. The molecule has 0 aliphatic rings. The molecule has 100 valence electrons. The number of hydrogen-bond donors (Lipinski definition) is 2. The van der Waals surface area contributed by atoms with Gasteiger partial charge in [0.2, 0.25) is 0 Å². The molecule has 8 heteroatoms. The summed E-state index contributed by atoms with van der Waals surface area (Å²) in [7, 11) is 1.44. The molecule has 0 heterocycles. The van der Waals surface area contributed by atoms with E-state index in [1.165, 1.54) is 13.2 Å². The number of nitrogens with one attached hydrogen (secondary N) is 2.